The first kappa shape index (κ1) is 11.8. The molecule has 0 unspecified atom stereocenters. The van der Waals surface area contributed by atoms with E-state index in [9.17, 15) is 0 Å². The van der Waals surface area contributed by atoms with Crippen molar-refractivity contribution >= 4 is 12.6 Å². The number of hydrogen-bond acceptors (Lipinski definition) is 2. The maximum Gasteiger partial charge on any atom is 0.0178 e. The van der Waals surface area contributed by atoms with E-state index in [2.05, 4.69) is 12.6 Å². The van der Waals surface area contributed by atoms with Crippen LogP contribution in [0.25, 0.3) is 0 Å². The maximum atomic E-state index is 5.35. The highest BCUT2D eigenvalue weighted by molar-refractivity contribution is 7.80. The lowest BCUT2D eigenvalue weighted by molar-refractivity contribution is 1.07. The first-order valence-corrected chi connectivity index (χ1v) is 5.25. The molecule has 0 aromatic heterocycles. The Labute approximate surface area is 96.4 Å². The summed E-state index contributed by atoms with van der Waals surface area (Å²) in [6.45, 7) is 0.640. The zero-order chi connectivity index (χ0) is 10.9. The summed E-state index contributed by atoms with van der Waals surface area (Å²) in [6.07, 6.45) is 0. The molecule has 2 rings (SSSR count). The molecule has 0 spiro atoms. The fourth-order valence-corrected chi connectivity index (χ4v) is 1.21. The third-order valence-electron chi connectivity index (χ3n) is 1.83. The molecule has 2 aromatic rings. The SMILES string of the molecule is NCc1ccccc1.Sc1ccccc1. The highest BCUT2D eigenvalue weighted by Crippen LogP contribution is 2.00. The van der Waals surface area contributed by atoms with Crippen molar-refractivity contribution in [2.45, 2.75) is 11.4 Å². The van der Waals surface area contributed by atoms with Crippen molar-refractivity contribution in [3.8, 4) is 0 Å². The summed E-state index contributed by atoms with van der Waals surface area (Å²) in [7, 11) is 0. The smallest absolute Gasteiger partial charge is 0.0178 e. The quantitative estimate of drug-likeness (QED) is 0.705. The Morgan fingerprint density at radius 1 is 0.800 bits per heavy atom. The molecule has 78 valence electrons. The van der Waals surface area contributed by atoms with Gasteiger partial charge in [0.25, 0.3) is 0 Å². The topological polar surface area (TPSA) is 26.0 Å². The molecular weight excluding hydrogens is 202 g/mol. The fourth-order valence-electron chi connectivity index (χ4n) is 1.04. The predicted octanol–water partition coefficient (Wildman–Crippen LogP) is 3.12. The highest BCUT2D eigenvalue weighted by atomic mass is 32.1. The molecule has 0 atom stereocenters. The minimum Gasteiger partial charge on any atom is -0.326 e. The van der Waals surface area contributed by atoms with E-state index in [0.717, 1.165) is 4.90 Å². The predicted molar refractivity (Wildman–Crippen MR) is 68.0 cm³/mol. The Balaban J connectivity index is 0.000000151. The molecule has 2 N–H and O–H groups in total. The lowest BCUT2D eigenvalue weighted by atomic mass is 10.2. The van der Waals surface area contributed by atoms with Crippen LogP contribution in [0.1, 0.15) is 5.56 Å². The lowest BCUT2D eigenvalue weighted by Gasteiger charge is -1.90. The minimum atomic E-state index is 0.640. The van der Waals surface area contributed by atoms with Crippen LogP contribution in [-0.4, -0.2) is 0 Å². The summed E-state index contributed by atoms with van der Waals surface area (Å²) in [6, 6.07) is 19.8. The number of nitrogens with two attached hydrogens (primary N) is 1. The normalized spacial score (nSPS) is 8.93. The van der Waals surface area contributed by atoms with Gasteiger partial charge in [0, 0.05) is 11.4 Å². The van der Waals surface area contributed by atoms with Crippen LogP contribution in [-0.2, 0) is 6.54 Å². The zero-order valence-corrected chi connectivity index (χ0v) is 9.40. The standard InChI is InChI=1S/C7H9N.C6H6S/c8-6-7-4-2-1-3-5-7;7-6-4-2-1-3-5-6/h1-5H,6,8H2;1-5,7H. The van der Waals surface area contributed by atoms with Crippen molar-refractivity contribution in [2.75, 3.05) is 0 Å². The third-order valence-corrected chi connectivity index (χ3v) is 2.13. The molecule has 0 radical (unpaired) electrons. The molecule has 0 heterocycles. The molecule has 0 aliphatic carbocycles. The number of thiol groups is 1. The van der Waals surface area contributed by atoms with Crippen LogP contribution in [0.5, 0.6) is 0 Å². The second-order valence-corrected chi connectivity index (χ2v) is 3.54. The first-order valence-electron chi connectivity index (χ1n) is 4.81. The molecule has 0 fully saturated rings. The Bertz CT molecular complexity index is 359. The van der Waals surface area contributed by atoms with Gasteiger partial charge in [0.05, 0.1) is 0 Å². The number of hydrogen-bond donors (Lipinski definition) is 2. The average molecular weight is 217 g/mol. The van der Waals surface area contributed by atoms with Gasteiger partial charge in [-0.05, 0) is 17.7 Å². The molecule has 0 aliphatic heterocycles. The lowest BCUT2D eigenvalue weighted by Crippen LogP contribution is -1.94. The summed E-state index contributed by atoms with van der Waals surface area (Å²) >= 11 is 4.08. The van der Waals surface area contributed by atoms with E-state index >= 15 is 0 Å². The Morgan fingerprint density at radius 3 is 1.53 bits per heavy atom. The monoisotopic (exact) mass is 217 g/mol. The van der Waals surface area contributed by atoms with Crippen molar-refractivity contribution in [1.82, 2.24) is 0 Å². The van der Waals surface area contributed by atoms with Gasteiger partial charge in [0.2, 0.25) is 0 Å². The van der Waals surface area contributed by atoms with Crippen LogP contribution in [0.4, 0.5) is 0 Å². The molecule has 2 aromatic carbocycles. The summed E-state index contributed by atoms with van der Waals surface area (Å²) in [5.74, 6) is 0. The molecular formula is C13H15NS. The van der Waals surface area contributed by atoms with E-state index < -0.39 is 0 Å². The second-order valence-electron chi connectivity index (χ2n) is 3.03. The van der Waals surface area contributed by atoms with Crippen LogP contribution in [0.15, 0.2) is 65.6 Å². The van der Waals surface area contributed by atoms with Gasteiger partial charge in [-0.3, -0.25) is 0 Å². The van der Waals surface area contributed by atoms with E-state index in [4.69, 9.17) is 5.73 Å². The number of benzene rings is 2. The summed E-state index contributed by atoms with van der Waals surface area (Å²) in [5, 5.41) is 0. The van der Waals surface area contributed by atoms with Gasteiger partial charge >= 0.3 is 0 Å². The molecule has 2 heteroatoms. The van der Waals surface area contributed by atoms with Crippen molar-refractivity contribution < 1.29 is 0 Å². The van der Waals surface area contributed by atoms with Crippen molar-refractivity contribution in [2.24, 2.45) is 5.73 Å². The van der Waals surface area contributed by atoms with E-state index in [-0.39, 0.29) is 0 Å². The molecule has 1 nitrogen and oxygen atoms in total. The van der Waals surface area contributed by atoms with Gasteiger partial charge in [0.1, 0.15) is 0 Å². The summed E-state index contributed by atoms with van der Waals surface area (Å²) in [5.41, 5.74) is 6.54. The maximum absolute atomic E-state index is 5.35. The third kappa shape index (κ3) is 5.25. The first-order chi connectivity index (χ1) is 7.33. The fraction of sp³-hybridized carbons (Fsp3) is 0.0769. The molecule has 0 bridgehead atoms. The molecule has 15 heavy (non-hydrogen) atoms. The Kier molecular flexibility index (Phi) is 5.59. The van der Waals surface area contributed by atoms with Gasteiger partial charge in [-0.15, -0.1) is 12.6 Å². The zero-order valence-electron chi connectivity index (χ0n) is 8.51. The Morgan fingerprint density at radius 2 is 1.27 bits per heavy atom. The second kappa shape index (κ2) is 7.10. The molecule has 0 amide bonds. The van der Waals surface area contributed by atoms with Crippen LogP contribution in [0.3, 0.4) is 0 Å². The Hall–Kier alpha value is -1.25. The number of rotatable bonds is 1. The molecule has 0 saturated carbocycles. The van der Waals surface area contributed by atoms with Gasteiger partial charge < -0.3 is 5.73 Å². The van der Waals surface area contributed by atoms with E-state index in [0.29, 0.717) is 6.54 Å². The largest absolute Gasteiger partial charge is 0.326 e. The van der Waals surface area contributed by atoms with Crippen molar-refractivity contribution in [3.63, 3.8) is 0 Å². The highest BCUT2D eigenvalue weighted by Gasteiger charge is 1.80. The van der Waals surface area contributed by atoms with Gasteiger partial charge in [-0.25, -0.2) is 0 Å². The van der Waals surface area contributed by atoms with E-state index in [1.54, 1.807) is 0 Å². The van der Waals surface area contributed by atoms with Crippen LogP contribution in [0.2, 0.25) is 0 Å². The van der Waals surface area contributed by atoms with Crippen molar-refractivity contribution in [1.29, 1.82) is 0 Å². The molecule has 0 aliphatic rings. The molecule has 0 saturated heterocycles. The summed E-state index contributed by atoms with van der Waals surface area (Å²) < 4.78 is 0. The van der Waals surface area contributed by atoms with E-state index in [1.807, 2.05) is 60.7 Å². The van der Waals surface area contributed by atoms with Gasteiger partial charge in [-0.1, -0.05) is 48.5 Å². The van der Waals surface area contributed by atoms with Crippen LogP contribution in [0, 0.1) is 0 Å². The van der Waals surface area contributed by atoms with Crippen LogP contribution >= 0.6 is 12.6 Å². The van der Waals surface area contributed by atoms with Crippen molar-refractivity contribution in [3.05, 3.63) is 66.2 Å². The average Bonchev–Trinajstić information content (AvgIpc) is 2.32. The van der Waals surface area contributed by atoms with Crippen LogP contribution < -0.4 is 5.73 Å². The minimum absolute atomic E-state index is 0.640. The van der Waals surface area contributed by atoms with E-state index in [1.165, 1.54) is 5.56 Å². The summed E-state index contributed by atoms with van der Waals surface area (Å²) in [4.78, 5) is 1.02. The van der Waals surface area contributed by atoms with Gasteiger partial charge in [-0.2, -0.15) is 0 Å². The van der Waals surface area contributed by atoms with Gasteiger partial charge in [0.15, 0.2) is 0 Å².